The van der Waals surface area contributed by atoms with Gasteiger partial charge in [0.05, 0.1) is 44.6 Å². The zero-order valence-electron chi connectivity index (χ0n) is 22.7. The zero-order chi connectivity index (χ0) is 29.1. The third-order valence-electron chi connectivity index (χ3n) is 6.68. The van der Waals surface area contributed by atoms with E-state index in [1.54, 1.807) is 30.6 Å². The van der Waals surface area contributed by atoms with Gasteiger partial charge in [-0.1, -0.05) is 65.4 Å². The molecule has 0 unspecified atom stereocenters. The van der Waals surface area contributed by atoms with Crippen molar-refractivity contribution < 1.29 is 14.3 Å². The molecule has 0 bridgehead atoms. The summed E-state index contributed by atoms with van der Waals surface area (Å²) in [6, 6.07) is 22.2. The van der Waals surface area contributed by atoms with Crippen LogP contribution in [0.15, 0.2) is 92.3 Å². The lowest BCUT2D eigenvalue weighted by molar-refractivity contribution is -0.139. The Kier molecular flexibility index (Phi) is 8.34. The molecule has 1 aromatic heterocycles. The number of aromatic nitrogens is 1. The largest absolute Gasteiger partial charge is 0.488 e. The SMILES string of the molecule is CCOC(=O)C1=C(C)N=c2s/c(=C/c3ccc(OCc4ccccc4C#N)c(Br)c3)c(=O)n2[C@H]1c1ccc(C)cc1. The quantitative estimate of drug-likeness (QED) is 0.259. The standard InChI is InChI=1S/C32H26BrN3O4S/c1-4-39-31(38)28-20(3)35-32-36(29(28)22-12-9-19(2)10-13-22)30(37)27(41-32)16-21-11-14-26(25(33)15-21)40-18-24-8-6-5-7-23(24)17-34/h5-16,29H,4,18H2,1-3H3/b27-16+/t29-/m0/s1. The molecule has 1 aliphatic rings. The van der Waals surface area contributed by atoms with Gasteiger partial charge in [0.25, 0.3) is 5.56 Å². The summed E-state index contributed by atoms with van der Waals surface area (Å²) in [5.41, 5.74) is 4.70. The lowest BCUT2D eigenvalue weighted by Crippen LogP contribution is -2.39. The fraction of sp³-hybridized carbons (Fsp3) is 0.188. The molecule has 0 saturated carbocycles. The van der Waals surface area contributed by atoms with Crippen LogP contribution in [0.5, 0.6) is 5.75 Å². The summed E-state index contributed by atoms with van der Waals surface area (Å²) in [5, 5.41) is 9.32. The maximum absolute atomic E-state index is 13.8. The van der Waals surface area contributed by atoms with Crippen molar-refractivity contribution in [1.29, 1.82) is 5.26 Å². The molecule has 0 aliphatic carbocycles. The van der Waals surface area contributed by atoms with Gasteiger partial charge in [0.2, 0.25) is 0 Å². The molecule has 4 aromatic rings. The van der Waals surface area contributed by atoms with Gasteiger partial charge >= 0.3 is 5.97 Å². The summed E-state index contributed by atoms with van der Waals surface area (Å²) < 4.78 is 14.1. The Morgan fingerprint density at radius 2 is 1.90 bits per heavy atom. The van der Waals surface area contributed by atoms with Crippen LogP contribution in [-0.2, 0) is 16.1 Å². The molecule has 7 nitrogen and oxygen atoms in total. The fourth-order valence-electron chi connectivity index (χ4n) is 4.64. The molecular weight excluding hydrogens is 602 g/mol. The summed E-state index contributed by atoms with van der Waals surface area (Å²) in [4.78, 5) is 32.0. The van der Waals surface area contributed by atoms with Crippen molar-refractivity contribution in [3.05, 3.63) is 130 Å². The summed E-state index contributed by atoms with van der Waals surface area (Å²) in [6.07, 6.45) is 1.80. The van der Waals surface area contributed by atoms with Crippen molar-refractivity contribution in [3.63, 3.8) is 0 Å². The summed E-state index contributed by atoms with van der Waals surface area (Å²) in [7, 11) is 0. The average molecular weight is 629 g/mol. The minimum Gasteiger partial charge on any atom is -0.488 e. The van der Waals surface area contributed by atoms with Crippen LogP contribution < -0.4 is 19.6 Å². The van der Waals surface area contributed by atoms with E-state index >= 15 is 0 Å². The first-order chi connectivity index (χ1) is 19.8. The van der Waals surface area contributed by atoms with Crippen molar-refractivity contribution in [3.8, 4) is 11.8 Å². The first kappa shape index (κ1) is 28.3. The first-order valence-electron chi connectivity index (χ1n) is 13.0. The normalized spacial score (nSPS) is 14.7. The number of fused-ring (bicyclic) bond motifs is 1. The van der Waals surface area contributed by atoms with E-state index in [1.807, 2.05) is 67.6 Å². The van der Waals surface area contributed by atoms with Crippen molar-refractivity contribution in [1.82, 2.24) is 4.57 Å². The van der Waals surface area contributed by atoms with E-state index in [0.717, 1.165) is 22.3 Å². The molecule has 0 fully saturated rings. The van der Waals surface area contributed by atoms with E-state index in [2.05, 4.69) is 27.0 Å². The Balaban J connectivity index is 1.52. The van der Waals surface area contributed by atoms with Crippen LogP contribution in [0.4, 0.5) is 0 Å². The highest BCUT2D eigenvalue weighted by Gasteiger charge is 2.33. The van der Waals surface area contributed by atoms with Crippen LogP contribution >= 0.6 is 27.3 Å². The van der Waals surface area contributed by atoms with Gasteiger partial charge in [-0.15, -0.1) is 0 Å². The van der Waals surface area contributed by atoms with Crippen LogP contribution in [0, 0.1) is 18.3 Å². The second kappa shape index (κ2) is 12.1. The molecule has 206 valence electrons. The highest BCUT2D eigenvalue weighted by Crippen LogP contribution is 2.31. The average Bonchev–Trinajstić information content (AvgIpc) is 3.26. The number of rotatable bonds is 7. The Morgan fingerprint density at radius 1 is 1.15 bits per heavy atom. The molecule has 41 heavy (non-hydrogen) atoms. The Hall–Kier alpha value is -4.26. The predicted octanol–water partition coefficient (Wildman–Crippen LogP) is 5.32. The number of hydrogen-bond donors (Lipinski definition) is 0. The van der Waals surface area contributed by atoms with Gasteiger partial charge in [0.1, 0.15) is 12.4 Å². The molecule has 9 heteroatoms. The number of aryl methyl sites for hydroxylation is 1. The summed E-state index contributed by atoms with van der Waals surface area (Å²) in [5.74, 6) is 0.135. The molecule has 1 aliphatic heterocycles. The third kappa shape index (κ3) is 5.80. The van der Waals surface area contributed by atoms with E-state index in [1.165, 1.54) is 11.3 Å². The Labute approximate surface area is 249 Å². The van der Waals surface area contributed by atoms with Crippen molar-refractivity contribution in [2.45, 2.75) is 33.4 Å². The van der Waals surface area contributed by atoms with Crippen molar-refractivity contribution in [2.75, 3.05) is 6.61 Å². The minimum atomic E-state index is -0.646. The molecule has 0 N–H and O–H groups in total. The number of ether oxygens (including phenoxy) is 2. The number of carbonyl (C=O) groups is 1. The molecule has 0 amide bonds. The van der Waals surface area contributed by atoms with E-state index in [0.29, 0.717) is 36.4 Å². The number of benzene rings is 3. The van der Waals surface area contributed by atoms with Crippen LogP contribution in [-0.4, -0.2) is 17.1 Å². The van der Waals surface area contributed by atoms with Crippen LogP contribution in [0.1, 0.15) is 47.7 Å². The first-order valence-corrected chi connectivity index (χ1v) is 14.6. The van der Waals surface area contributed by atoms with Gasteiger partial charge in [-0.25, -0.2) is 9.79 Å². The van der Waals surface area contributed by atoms with Gasteiger partial charge < -0.3 is 9.47 Å². The van der Waals surface area contributed by atoms with E-state index < -0.39 is 12.0 Å². The van der Waals surface area contributed by atoms with Gasteiger partial charge in [-0.3, -0.25) is 9.36 Å². The fourth-order valence-corrected chi connectivity index (χ4v) is 6.20. The molecule has 5 rings (SSSR count). The number of carbonyl (C=O) groups excluding carboxylic acids is 1. The third-order valence-corrected chi connectivity index (χ3v) is 8.29. The highest BCUT2D eigenvalue weighted by molar-refractivity contribution is 9.10. The second-order valence-electron chi connectivity index (χ2n) is 9.46. The topological polar surface area (TPSA) is 93.7 Å². The van der Waals surface area contributed by atoms with Crippen LogP contribution in [0.3, 0.4) is 0 Å². The van der Waals surface area contributed by atoms with Crippen molar-refractivity contribution in [2.24, 2.45) is 4.99 Å². The summed E-state index contributed by atoms with van der Waals surface area (Å²) in [6.45, 7) is 5.99. The van der Waals surface area contributed by atoms with E-state index in [4.69, 9.17) is 9.47 Å². The monoisotopic (exact) mass is 627 g/mol. The molecule has 0 spiro atoms. The number of hydrogen-bond acceptors (Lipinski definition) is 7. The Morgan fingerprint density at radius 3 is 2.61 bits per heavy atom. The lowest BCUT2D eigenvalue weighted by Gasteiger charge is -2.24. The predicted molar refractivity (Wildman–Crippen MR) is 161 cm³/mol. The molecule has 3 aromatic carbocycles. The van der Waals surface area contributed by atoms with E-state index in [-0.39, 0.29) is 18.8 Å². The molecule has 0 saturated heterocycles. The maximum atomic E-state index is 13.8. The molecule has 0 radical (unpaired) electrons. The maximum Gasteiger partial charge on any atom is 0.338 e. The Bertz CT molecular complexity index is 1900. The van der Waals surface area contributed by atoms with Crippen LogP contribution in [0.25, 0.3) is 6.08 Å². The van der Waals surface area contributed by atoms with Gasteiger partial charge in [-0.05, 0) is 72.1 Å². The van der Waals surface area contributed by atoms with E-state index in [9.17, 15) is 14.9 Å². The molecule has 1 atom stereocenters. The second-order valence-corrected chi connectivity index (χ2v) is 11.3. The van der Waals surface area contributed by atoms with Gasteiger partial charge in [-0.2, -0.15) is 5.26 Å². The molecular formula is C32H26BrN3O4S. The number of nitrogens with zero attached hydrogens (tertiary/aromatic N) is 3. The molecule has 2 heterocycles. The minimum absolute atomic E-state index is 0.222. The number of thiazole rings is 1. The van der Waals surface area contributed by atoms with Gasteiger partial charge in [0.15, 0.2) is 4.80 Å². The number of esters is 1. The lowest BCUT2D eigenvalue weighted by atomic mass is 9.95. The van der Waals surface area contributed by atoms with Gasteiger partial charge in [0, 0.05) is 5.56 Å². The number of allylic oxidation sites excluding steroid dienone is 1. The van der Waals surface area contributed by atoms with Crippen molar-refractivity contribution >= 4 is 39.3 Å². The smallest absolute Gasteiger partial charge is 0.338 e. The highest BCUT2D eigenvalue weighted by atomic mass is 79.9. The zero-order valence-corrected chi connectivity index (χ0v) is 25.1. The summed E-state index contributed by atoms with van der Waals surface area (Å²) >= 11 is 4.85. The number of halogens is 1. The number of nitriles is 1. The van der Waals surface area contributed by atoms with Crippen LogP contribution in [0.2, 0.25) is 0 Å².